The summed E-state index contributed by atoms with van der Waals surface area (Å²) in [5, 5.41) is 15.2. The molecule has 0 fully saturated rings. The lowest BCUT2D eigenvalue weighted by Gasteiger charge is -2.23. The van der Waals surface area contributed by atoms with Gasteiger partial charge < -0.3 is 15.0 Å². The number of pyridine rings is 1. The van der Waals surface area contributed by atoms with Crippen molar-refractivity contribution in [1.82, 2.24) is 15.0 Å². The number of benzene rings is 2. The van der Waals surface area contributed by atoms with E-state index < -0.39 is 10.9 Å². The van der Waals surface area contributed by atoms with Gasteiger partial charge in [0.1, 0.15) is 12.1 Å². The van der Waals surface area contributed by atoms with Crippen molar-refractivity contribution in [3.63, 3.8) is 0 Å². The predicted octanol–water partition coefficient (Wildman–Crippen LogP) is 5.04. The van der Waals surface area contributed by atoms with Crippen LogP contribution in [0, 0.1) is 10.1 Å². The summed E-state index contributed by atoms with van der Waals surface area (Å²) in [5.74, 6) is 0.167. The third-order valence-corrected chi connectivity index (χ3v) is 5.01. The summed E-state index contributed by atoms with van der Waals surface area (Å²) in [4.78, 5) is 38.0. The summed E-state index contributed by atoms with van der Waals surface area (Å²) in [7, 11) is 0. The number of ether oxygens (including phenoxy) is 1. The molecule has 0 atom stereocenters. The van der Waals surface area contributed by atoms with Crippen LogP contribution in [0.1, 0.15) is 22.8 Å². The summed E-state index contributed by atoms with van der Waals surface area (Å²) in [6, 6.07) is 21.3. The molecule has 0 bridgehead atoms. The molecule has 0 aliphatic rings. The first kappa shape index (κ1) is 23.3. The van der Waals surface area contributed by atoms with Crippen molar-refractivity contribution in [3.8, 4) is 0 Å². The predicted molar refractivity (Wildman–Crippen MR) is 131 cm³/mol. The normalized spacial score (nSPS) is 10.4. The Balaban J connectivity index is 1.72. The van der Waals surface area contributed by atoms with Crippen LogP contribution in [0.2, 0.25) is 0 Å². The van der Waals surface area contributed by atoms with Crippen molar-refractivity contribution in [2.75, 3.05) is 16.8 Å². The fourth-order valence-corrected chi connectivity index (χ4v) is 3.41. The minimum atomic E-state index is -0.522. The van der Waals surface area contributed by atoms with E-state index in [-0.39, 0.29) is 23.9 Å². The molecule has 35 heavy (non-hydrogen) atoms. The molecule has 10 heteroatoms. The van der Waals surface area contributed by atoms with E-state index in [2.05, 4.69) is 20.3 Å². The Morgan fingerprint density at radius 2 is 1.74 bits per heavy atom. The number of esters is 1. The molecule has 2 heterocycles. The molecule has 0 radical (unpaired) electrons. The molecule has 2 aromatic carbocycles. The number of aromatic nitrogens is 3. The molecule has 0 aliphatic heterocycles. The average molecular weight is 470 g/mol. The number of nitrogens with zero attached hydrogens (tertiary/aromatic N) is 5. The van der Waals surface area contributed by atoms with E-state index in [0.29, 0.717) is 23.6 Å². The van der Waals surface area contributed by atoms with Crippen LogP contribution < -0.4 is 10.2 Å². The first-order chi connectivity index (χ1) is 17.1. The minimum Gasteiger partial charge on any atom is -0.462 e. The van der Waals surface area contributed by atoms with Crippen LogP contribution in [0.25, 0.3) is 0 Å². The number of nitrogens with one attached hydrogen (secondary N) is 1. The van der Waals surface area contributed by atoms with Gasteiger partial charge in [-0.15, -0.1) is 0 Å². The van der Waals surface area contributed by atoms with Crippen molar-refractivity contribution >= 4 is 34.8 Å². The minimum absolute atomic E-state index is 0.0119. The monoisotopic (exact) mass is 470 g/mol. The highest BCUT2D eigenvalue weighted by atomic mass is 16.6. The molecule has 4 rings (SSSR count). The Morgan fingerprint density at radius 1 is 1.00 bits per heavy atom. The molecule has 0 saturated carbocycles. The second-order valence-electron chi connectivity index (χ2n) is 7.33. The average Bonchev–Trinajstić information content (AvgIpc) is 2.89. The smallest absolute Gasteiger partial charge is 0.354 e. The van der Waals surface area contributed by atoms with Gasteiger partial charge in [-0.1, -0.05) is 36.4 Å². The Kier molecular flexibility index (Phi) is 7.22. The van der Waals surface area contributed by atoms with Gasteiger partial charge in [-0.3, -0.25) is 10.1 Å². The number of nitro groups is 1. The van der Waals surface area contributed by atoms with Gasteiger partial charge in [0.05, 0.1) is 23.6 Å². The fraction of sp³-hybridized carbons (Fsp3) is 0.120. The van der Waals surface area contributed by atoms with Gasteiger partial charge >= 0.3 is 11.7 Å². The van der Waals surface area contributed by atoms with Crippen LogP contribution in [0.3, 0.4) is 0 Å². The van der Waals surface area contributed by atoms with Crippen molar-refractivity contribution in [1.29, 1.82) is 0 Å². The second kappa shape index (κ2) is 10.8. The number of carbonyl (C=O) groups excluding carboxylic acids is 1. The summed E-state index contributed by atoms with van der Waals surface area (Å²) in [5.41, 5.74) is 1.51. The van der Waals surface area contributed by atoms with Crippen LogP contribution in [0.4, 0.5) is 28.8 Å². The van der Waals surface area contributed by atoms with E-state index in [9.17, 15) is 14.9 Å². The molecule has 4 aromatic rings. The van der Waals surface area contributed by atoms with Gasteiger partial charge in [0.15, 0.2) is 0 Å². The van der Waals surface area contributed by atoms with E-state index in [1.54, 1.807) is 60.5 Å². The van der Waals surface area contributed by atoms with Gasteiger partial charge in [-0.05, 0) is 48.9 Å². The maximum atomic E-state index is 12.2. The zero-order valence-electron chi connectivity index (χ0n) is 18.9. The lowest BCUT2D eigenvalue weighted by molar-refractivity contribution is -0.383. The molecule has 1 N–H and O–H groups in total. The molecule has 0 amide bonds. The molecular weight excluding hydrogens is 448 g/mol. The molecule has 10 nitrogen and oxygen atoms in total. The van der Waals surface area contributed by atoms with Crippen LogP contribution >= 0.6 is 0 Å². The second-order valence-corrected chi connectivity index (χ2v) is 7.33. The molecular formula is C25H22N6O4. The molecule has 2 aromatic heterocycles. The highest BCUT2D eigenvalue weighted by Gasteiger charge is 2.29. The van der Waals surface area contributed by atoms with Crippen LogP contribution in [-0.4, -0.2) is 32.5 Å². The SMILES string of the molecule is CCOC(=O)c1ccc(Nc2ncnc(N(Cc3ccccc3)c3ccccn3)c2[N+](=O)[O-])cc1. The van der Waals surface area contributed by atoms with Crippen molar-refractivity contribution in [2.24, 2.45) is 0 Å². The van der Waals surface area contributed by atoms with Crippen LogP contribution in [0.15, 0.2) is 85.3 Å². The van der Waals surface area contributed by atoms with Crippen LogP contribution in [-0.2, 0) is 11.3 Å². The Hall–Kier alpha value is -4.86. The first-order valence-corrected chi connectivity index (χ1v) is 10.8. The third kappa shape index (κ3) is 5.56. The number of hydrogen-bond acceptors (Lipinski definition) is 9. The van der Waals surface area contributed by atoms with Crippen molar-refractivity contribution in [2.45, 2.75) is 13.5 Å². The maximum Gasteiger partial charge on any atom is 0.354 e. The Bertz CT molecular complexity index is 1300. The van der Waals surface area contributed by atoms with E-state index in [1.165, 1.54) is 6.33 Å². The van der Waals surface area contributed by atoms with Gasteiger partial charge in [0.25, 0.3) is 0 Å². The van der Waals surface area contributed by atoms with E-state index >= 15 is 0 Å². The highest BCUT2D eigenvalue weighted by Crippen LogP contribution is 2.37. The standard InChI is InChI=1S/C25H22N6O4/c1-2-35-25(32)19-11-13-20(14-12-19)29-23-22(31(33)34)24(28-17-27-23)30(21-10-6-7-15-26-21)16-18-8-4-3-5-9-18/h3-15,17H,2,16H2,1H3,(H,27,28,29). The summed E-state index contributed by atoms with van der Waals surface area (Å²) >= 11 is 0. The third-order valence-electron chi connectivity index (χ3n) is 5.01. The van der Waals surface area contributed by atoms with Gasteiger partial charge in [-0.2, -0.15) is 0 Å². The number of rotatable bonds is 9. The number of hydrogen-bond donors (Lipinski definition) is 1. The fourth-order valence-electron chi connectivity index (χ4n) is 3.41. The molecule has 0 saturated heterocycles. The lowest BCUT2D eigenvalue weighted by atomic mass is 10.2. The maximum absolute atomic E-state index is 12.2. The quantitative estimate of drug-likeness (QED) is 0.203. The Morgan fingerprint density at radius 3 is 2.40 bits per heavy atom. The zero-order valence-corrected chi connectivity index (χ0v) is 18.9. The topological polar surface area (TPSA) is 123 Å². The van der Waals surface area contributed by atoms with E-state index in [0.717, 1.165) is 5.56 Å². The molecule has 0 unspecified atom stereocenters. The molecule has 0 spiro atoms. The summed E-state index contributed by atoms with van der Waals surface area (Å²) < 4.78 is 4.99. The Labute approximate surface area is 201 Å². The van der Waals surface area contributed by atoms with Crippen molar-refractivity contribution < 1.29 is 14.5 Å². The molecule has 0 aliphatic carbocycles. The van der Waals surface area contributed by atoms with Crippen molar-refractivity contribution in [3.05, 3.63) is 107 Å². The summed E-state index contributed by atoms with van der Waals surface area (Å²) in [6.45, 7) is 2.31. The highest BCUT2D eigenvalue weighted by molar-refractivity contribution is 5.90. The van der Waals surface area contributed by atoms with E-state index in [1.807, 2.05) is 30.3 Å². The van der Waals surface area contributed by atoms with Crippen LogP contribution in [0.5, 0.6) is 0 Å². The lowest BCUT2D eigenvalue weighted by Crippen LogP contribution is -2.21. The van der Waals surface area contributed by atoms with Gasteiger partial charge in [0.2, 0.25) is 11.6 Å². The summed E-state index contributed by atoms with van der Waals surface area (Å²) in [6.07, 6.45) is 2.88. The number of anilines is 4. The molecule has 176 valence electrons. The van der Waals surface area contributed by atoms with Gasteiger partial charge in [0, 0.05) is 11.9 Å². The first-order valence-electron chi connectivity index (χ1n) is 10.8. The number of carbonyl (C=O) groups is 1. The zero-order chi connectivity index (χ0) is 24.6. The van der Waals surface area contributed by atoms with Gasteiger partial charge in [-0.25, -0.2) is 19.7 Å². The van der Waals surface area contributed by atoms with E-state index in [4.69, 9.17) is 4.74 Å². The largest absolute Gasteiger partial charge is 0.462 e.